The molecule has 0 saturated carbocycles. The number of aromatic amines is 1. The highest BCUT2D eigenvalue weighted by molar-refractivity contribution is 7.89. The van der Waals surface area contributed by atoms with Gasteiger partial charge in [0.25, 0.3) is 5.56 Å². The molecule has 0 unspecified atom stereocenters. The lowest BCUT2D eigenvalue weighted by atomic mass is 10.2. The highest BCUT2D eigenvalue weighted by Gasteiger charge is 2.26. The van der Waals surface area contributed by atoms with Crippen molar-refractivity contribution in [2.75, 3.05) is 33.8 Å². The number of sulfonamides is 1. The maximum atomic E-state index is 13.3. The van der Waals surface area contributed by atoms with E-state index in [-0.39, 0.29) is 28.7 Å². The number of likely N-dealkylation sites (N-methyl/N-ethyl adjacent to an activating group) is 2. The van der Waals surface area contributed by atoms with Crippen LogP contribution in [0.1, 0.15) is 45.1 Å². The van der Waals surface area contributed by atoms with Crippen LogP contribution in [-0.4, -0.2) is 76.9 Å². The molecule has 0 atom stereocenters. The van der Waals surface area contributed by atoms with E-state index >= 15 is 0 Å². The fourth-order valence-corrected chi connectivity index (χ4v) is 5.06. The number of aryl methyl sites for hydroxylation is 2. The number of carbonyl (C=O) groups is 1. The number of ether oxygens (including phenoxy) is 1. The molecule has 2 heterocycles. The van der Waals surface area contributed by atoms with Gasteiger partial charge >= 0.3 is 0 Å². The second kappa shape index (κ2) is 11.2. The van der Waals surface area contributed by atoms with E-state index in [9.17, 15) is 18.0 Å². The summed E-state index contributed by atoms with van der Waals surface area (Å²) in [7, 11) is -1.01. The highest BCUT2D eigenvalue weighted by Crippen LogP contribution is 2.31. The van der Waals surface area contributed by atoms with Crippen molar-refractivity contribution in [3.8, 4) is 17.1 Å². The van der Waals surface area contributed by atoms with Crippen LogP contribution in [-0.2, 0) is 21.2 Å². The van der Waals surface area contributed by atoms with Gasteiger partial charge in [-0.2, -0.15) is 4.31 Å². The fraction of sp³-hybridized carbons (Fsp3) is 0.500. The van der Waals surface area contributed by atoms with Gasteiger partial charge in [0.15, 0.2) is 11.3 Å². The zero-order valence-corrected chi connectivity index (χ0v) is 22.5. The molecule has 1 aromatic carbocycles. The molecule has 1 amide bonds. The van der Waals surface area contributed by atoms with Gasteiger partial charge in [-0.05, 0) is 44.9 Å². The number of nitrogens with zero attached hydrogens (tertiary/aromatic N) is 5. The average molecular weight is 519 g/mol. The summed E-state index contributed by atoms with van der Waals surface area (Å²) in [5, 5.41) is 4.60. The van der Waals surface area contributed by atoms with Crippen LogP contribution in [0.25, 0.3) is 16.9 Å². The Morgan fingerprint density at radius 2 is 1.89 bits per heavy atom. The molecule has 11 nitrogen and oxygen atoms in total. The van der Waals surface area contributed by atoms with Crippen molar-refractivity contribution < 1.29 is 17.9 Å². The van der Waals surface area contributed by atoms with Crippen LogP contribution in [0.4, 0.5) is 0 Å². The van der Waals surface area contributed by atoms with Gasteiger partial charge in [0.1, 0.15) is 11.6 Å². The smallest absolute Gasteiger partial charge is 0.277 e. The normalized spacial score (nSPS) is 11.9. The SMILES string of the molecule is CCCc1nc(C)c2c(=O)[nH]c(-c3cc(S(=O)(=O)N(C)CC(=O)N(C)CCC)ccc3OCC)nn12. The van der Waals surface area contributed by atoms with E-state index in [1.54, 1.807) is 20.9 Å². The number of hydrogen-bond donors (Lipinski definition) is 1. The first-order chi connectivity index (χ1) is 17.0. The molecule has 0 aliphatic rings. The molecule has 0 aliphatic heterocycles. The van der Waals surface area contributed by atoms with E-state index in [1.807, 2.05) is 13.8 Å². The summed E-state index contributed by atoms with van der Waals surface area (Å²) in [6.07, 6.45) is 2.22. The Morgan fingerprint density at radius 3 is 2.53 bits per heavy atom. The zero-order valence-electron chi connectivity index (χ0n) is 21.7. The van der Waals surface area contributed by atoms with Gasteiger partial charge in [-0.3, -0.25) is 9.59 Å². The molecule has 12 heteroatoms. The molecule has 3 rings (SSSR count). The molecule has 0 spiro atoms. The number of imidazole rings is 1. The van der Waals surface area contributed by atoms with Crippen molar-refractivity contribution in [1.82, 2.24) is 28.8 Å². The predicted octanol–water partition coefficient (Wildman–Crippen LogP) is 2.23. The standard InChI is InChI=1S/C24H34N6O5S/c1-7-10-20-25-16(4)22-24(32)26-23(27-30(20)22)18-14-17(11-12-19(18)35-9-3)36(33,34)29(6)15-21(31)28(5)13-8-2/h11-12,14H,7-10,13,15H2,1-6H3,(H,26,27,32). The molecule has 36 heavy (non-hydrogen) atoms. The summed E-state index contributed by atoms with van der Waals surface area (Å²) >= 11 is 0. The largest absolute Gasteiger partial charge is 0.493 e. The third-order valence-electron chi connectivity index (χ3n) is 5.77. The van der Waals surface area contributed by atoms with Crippen LogP contribution in [0.3, 0.4) is 0 Å². The van der Waals surface area contributed by atoms with Crippen molar-refractivity contribution in [3.63, 3.8) is 0 Å². The Labute approximate surface area is 211 Å². The lowest BCUT2D eigenvalue weighted by Gasteiger charge is -2.22. The molecular weight excluding hydrogens is 484 g/mol. The number of nitrogens with one attached hydrogen (secondary N) is 1. The Hall–Kier alpha value is -3.25. The summed E-state index contributed by atoms with van der Waals surface area (Å²) < 4.78 is 34.9. The average Bonchev–Trinajstić information content (AvgIpc) is 3.15. The fourth-order valence-electron chi connectivity index (χ4n) is 3.91. The topological polar surface area (TPSA) is 130 Å². The van der Waals surface area contributed by atoms with Gasteiger partial charge in [-0.15, -0.1) is 5.10 Å². The van der Waals surface area contributed by atoms with Crippen molar-refractivity contribution in [3.05, 3.63) is 40.1 Å². The number of hydrogen-bond acceptors (Lipinski definition) is 7. The van der Waals surface area contributed by atoms with Gasteiger partial charge in [-0.25, -0.2) is 17.9 Å². The maximum absolute atomic E-state index is 13.3. The second-order valence-corrected chi connectivity index (χ2v) is 10.6. The van der Waals surface area contributed by atoms with Crippen molar-refractivity contribution >= 4 is 21.4 Å². The molecule has 3 aromatic rings. The van der Waals surface area contributed by atoms with Gasteiger partial charge in [0.05, 0.1) is 29.3 Å². The summed E-state index contributed by atoms with van der Waals surface area (Å²) in [6.45, 7) is 8.07. The van der Waals surface area contributed by atoms with Crippen molar-refractivity contribution in [2.24, 2.45) is 0 Å². The van der Waals surface area contributed by atoms with Crippen LogP contribution >= 0.6 is 0 Å². The highest BCUT2D eigenvalue weighted by atomic mass is 32.2. The minimum Gasteiger partial charge on any atom is -0.493 e. The quantitative estimate of drug-likeness (QED) is 0.412. The first kappa shape index (κ1) is 27.3. The number of carbonyl (C=O) groups excluding carboxylic acids is 1. The van der Waals surface area contributed by atoms with Gasteiger partial charge in [-0.1, -0.05) is 13.8 Å². The van der Waals surface area contributed by atoms with E-state index in [0.717, 1.165) is 17.1 Å². The van der Waals surface area contributed by atoms with Gasteiger partial charge in [0, 0.05) is 27.1 Å². The first-order valence-electron chi connectivity index (χ1n) is 12.0. The minimum atomic E-state index is -4.02. The van der Waals surface area contributed by atoms with E-state index < -0.39 is 10.0 Å². The van der Waals surface area contributed by atoms with E-state index in [2.05, 4.69) is 15.1 Å². The Morgan fingerprint density at radius 1 is 1.17 bits per heavy atom. The van der Waals surface area contributed by atoms with Crippen molar-refractivity contribution in [1.29, 1.82) is 0 Å². The summed E-state index contributed by atoms with van der Waals surface area (Å²) in [5.74, 6) is 0.872. The lowest BCUT2D eigenvalue weighted by Crippen LogP contribution is -2.39. The molecule has 1 N–H and O–H groups in total. The minimum absolute atomic E-state index is 0.0484. The molecule has 196 valence electrons. The van der Waals surface area contributed by atoms with Crippen LogP contribution in [0.2, 0.25) is 0 Å². The Bertz CT molecular complexity index is 1410. The number of benzene rings is 1. The molecule has 2 aromatic heterocycles. The Kier molecular flexibility index (Phi) is 8.51. The van der Waals surface area contributed by atoms with Gasteiger partial charge in [0.2, 0.25) is 15.9 Å². The molecule has 0 radical (unpaired) electrons. The van der Waals surface area contributed by atoms with Gasteiger partial charge < -0.3 is 14.6 Å². The predicted molar refractivity (Wildman–Crippen MR) is 137 cm³/mol. The van der Waals surface area contributed by atoms with Crippen LogP contribution in [0.15, 0.2) is 27.9 Å². The number of H-pyrrole nitrogens is 1. The summed E-state index contributed by atoms with van der Waals surface area (Å²) in [5.41, 5.74) is 0.844. The van der Waals surface area contributed by atoms with E-state index in [0.29, 0.717) is 47.9 Å². The molecule has 0 aliphatic carbocycles. The number of aromatic nitrogens is 4. The maximum Gasteiger partial charge on any atom is 0.277 e. The zero-order chi connectivity index (χ0) is 26.6. The molecule has 0 bridgehead atoms. The van der Waals surface area contributed by atoms with Crippen LogP contribution in [0, 0.1) is 6.92 Å². The third-order valence-corrected chi connectivity index (χ3v) is 7.57. The molecule has 0 fully saturated rings. The lowest BCUT2D eigenvalue weighted by molar-refractivity contribution is -0.129. The summed E-state index contributed by atoms with van der Waals surface area (Å²) in [4.78, 5) is 34.1. The van der Waals surface area contributed by atoms with E-state index in [1.165, 1.54) is 34.7 Å². The van der Waals surface area contributed by atoms with Crippen LogP contribution in [0.5, 0.6) is 5.75 Å². The van der Waals surface area contributed by atoms with E-state index in [4.69, 9.17) is 4.74 Å². The first-order valence-corrected chi connectivity index (χ1v) is 13.4. The molecule has 0 saturated heterocycles. The molecular formula is C24H34N6O5S. The van der Waals surface area contributed by atoms with Crippen molar-refractivity contribution in [2.45, 2.75) is 51.9 Å². The third kappa shape index (κ3) is 5.44. The number of fused-ring (bicyclic) bond motifs is 1. The number of rotatable bonds is 11. The van der Waals surface area contributed by atoms with Crippen LogP contribution < -0.4 is 10.3 Å². The summed E-state index contributed by atoms with van der Waals surface area (Å²) in [6, 6.07) is 4.35. The second-order valence-electron chi connectivity index (χ2n) is 8.59. The monoisotopic (exact) mass is 518 g/mol. The number of amides is 1. The Balaban J connectivity index is 2.10.